The Kier molecular flexibility index (Phi) is 6.95. The van der Waals surface area contributed by atoms with E-state index in [4.69, 9.17) is 4.74 Å². The summed E-state index contributed by atoms with van der Waals surface area (Å²) in [5.41, 5.74) is 1.42. The van der Waals surface area contributed by atoms with Crippen molar-refractivity contribution in [3.05, 3.63) is 54.1 Å². The van der Waals surface area contributed by atoms with Crippen molar-refractivity contribution in [3.63, 3.8) is 0 Å². The number of sulfonamides is 1. The molecule has 8 heteroatoms. The summed E-state index contributed by atoms with van der Waals surface area (Å²) in [6.07, 6.45) is 0. The third kappa shape index (κ3) is 5.53. The zero-order valence-corrected chi connectivity index (χ0v) is 16.8. The van der Waals surface area contributed by atoms with E-state index in [1.165, 1.54) is 39.4 Å². The zero-order chi connectivity index (χ0) is 20.0. The topological polar surface area (TPSA) is 79.0 Å². The van der Waals surface area contributed by atoms with E-state index < -0.39 is 10.0 Å². The first-order chi connectivity index (χ1) is 12.7. The Balaban J connectivity index is 2.12. The van der Waals surface area contributed by atoms with Crippen LogP contribution in [-0.4, -0.2) is 58.3 Å². The summed E-state index contributed by atoms with van der Waals surface area (Å²) in [7, 11) is 2.61. The number of hydrogen-bond acceptors (Lipinski definition) is 5. The molecule has 2 aromatic carbocycles. The van der Waals surface area contributed by atoms with Crippen LogP contribution in [0.4, 0.5) is 5.69 Å². The van der Waals surface area contributed by atoms with Crippen molar-refractivity contribution in [1.82, 2.24) is 9.21 Å². The molecule has 1 amide bonds. The minimum Gasteiger partial charge on any atom is -0.495 e. The molecule has 1 N–H and O–H groups in total. The van der Waals surface area contributed by atoms with E-state index in [0.717, 1.165) is 9.87 Å². The molecule has 0 unspecified atom stereocenters. The van der Waals surface area contributed by atoms with Gasteiger partial charge in [-0.1, -0.05) is 30.3 Å². The SMILES string of the molecule is COc1ccc(S(=O)(=O)N(C)C)cc1NC(=O)CN(C)Cc1ccccc1. The van der Waals surface area contributed by atoms with E-state index in [2.05, 4.69) is 5.32 Å². The summed E-state index contributed by atoms with van der Waals surface area (Å²) in [4.78, 5) is 14.4. The number of rotatable bonds is 8. The minimum absolute atomic E-state index is 0.0845. The molecular formula is C19H25N3O4S. The van der Waals surface area contributed by atoms with Gasteiger partial charge in [-0.2, -0.15) is 0 Å². The van der Waals surface area contributed by atoms with Crippen molar-refractivity contribution in [2.45, 2.75) is 11.4 Å². The normalized spacial score (nSPS) is 11.6. The molecule has 0 saturated carbocycles. The van der Waals surface area contributed by atoms with Crippen LogP contribution in [0.1, 0.15) is 5.56 Å². The Labute approximate surface area is 160 Å². The molecule has 7 nitrogen and oxygen atoms in total. The minimum atomic E-state index is -3.61. The molecule has 0 aliphatic rings. The van der Waals surface area contributed by atoms with Crippen LogP contribution in [-0.2, 0) is 21.4 Å². The smallest absolute Gasteiger partial charge is 0.242 e. The van der Waals surface area contributed by atoms with Gasteiger partial charge in [0, 0.05) is 20.6 Å². The predicted octanol–water partition coefficient (Wildman–Crippen LogP) is 2.02. The van der Waals surface area contributed by atoms with E-state index in [9.17, 15) is 13.2 Å². The van der Waals surface area contributed by atoms with Gasteiger partial charge >= 0.3 is 0 Å². The Morgan fingerprint density at radius 1 is 1.07 bits per heavy atom. The molecule has 0 aromatic heterocycles. The molecule has 2 aromatic rings. The van der Waals surface area contributed by atoms with Crippen LogP contribution < -0.4 is 10.1 Å². The van der Waals surface area contributed by atoms with Gasteiger partial charge in [0.05, 0.1) is 24.2 Å². The highest BCUT2D eigenvalue weighted by Crippen LogP contribution is 2.28. The predicted molar refractivity (Wildman–Crippen MR) is 105 cm³/mol. The number of carbonyl (C=O) groups excluding carboxylic acids is 1. The molecule has 0 spiro atoms. The Hall–Kier alpha value is -2.42. The van der Waals surface area contributed by atoms with Crippen LogP contribution in [0.3, 0.4) is 0 Å². The molecular weight excluding hydrogens is 366 g/mol. The fourth-order valence-corrected chi connectivity index (χ4v) is 3.47. The van der Waals surface area contributed by atoms with Gasteiger partial charge < -0.3 is 10.1 Å². The van der Waals surface area contributed by atoms with E-state index in [1.807, 2.05) is 42.3 Å². The van der Waals surface area contributed by atoms with Crippen molar-refractivity contribution in [2.75, 3.05) is 40.1 Å². The van der Waals surface area contributed by atoms with Crippen LogP contribution in [0.15, 0.2) is 53.4 Å². The molecule has 0 aliphatic heterocycles. The summed E-state index contributed by atoms with van der Waals surface area (Å²) in [6, 6.07) is 14.2. The van der Waals surface area contributed by atoms with E-state index in [-0.39, 0.29) is 17.3 Å². The second-order valence-electron chi connectivity index (χ2n) is 6.36. The van der Waals surface area contributed by atoms with Gasteiger partial charge in [-0.05, 0) is 30.8 Å². The van der Waals surface area contributed by atoms with E-state index >= 15 is 0 Å². The molecule has 27 heavy (non-hydrogen) atoms. The highest BCUT2D eigenvalue weighted by atomic mass is 32.2. The van der Waals surface area contributed by atoms with E-state index in [0.29, 0.717) is 18.0 Å². The molecule has 0 bridgehead atoms. The monoisotopic (exact) mass is 391 g/mol. The molecule has 0 aliphatic carbocycles. The zero-order valence-electron chi connectivity index (χ0n) is 16.0. The summed E-state index contributed by atoms with van der Waals surface area (Å²) in [5.74, 6) is 0.137. The Morgan fingerprint density at radius 3 is 2.33 bits per heavy atom. The second kappa shape index (κ2) is 8.98. The molecule has 2 rings (SSSR count). The maximum Gasteiger partial charge on any atom is 0.242 e. The van der Waals surface area contributed by atoms with Crippen molar-refractivity contribution < 1.29 is 17.9 Å². The summed E-state index contributed by atoms with van der Waals surface area (Å²) < 4.78 is 31.0. The summed E-state index contributed by atoms with van der Waals surface area (Å²) >= 11 is 0. The number of hydrogen-bond donors (Lipinski definition) is 1. The lowest BCUT2D eigenvalue weighted by Gasteiger charge is -2.18. The fraction of sp³-hybridized carbons (Fsp3) is 0.316. The highest BCUT2D eigenvalue weighted by molar-refractivity contribution is 7.89. The van der Waals surface area contributed by atoms with Crippen LogP contribution in [0, 0.1) is 0 Å². The standard InChI is InChI=1S/C19H25N3O4S/c1-21(2)27(24,25)16-10-11-18(26-4)17(12-16)20-19(23)14-22(3)13-15-8-6-5-7-9-15/h5-12H,13-14H2,1-4H3,(H,20,23). The van der Waals surface area contributed by atoms with Gasteiger partial charge in [0.1, 0.15) is 5.75 Å². The van der Waals surface area contributed by atoms with Crippen LogP contribution >= 0.6 is 0 Å². The second-order valence-corrected chi connectivity index (χ2v) is 8.51. The lowest BCUT2D eigenvalue weighted by atomic mass is 10.2. The quantitative estimate of drug-likeness (QED) is 0.745. The highest BCUT2D eigenvalue weighted by Gasteiger charge is 2.20. The maximum atomic E-state index is 12.4. The van der Waals surface area contributed by atoms with Gasteiger partial charge in [-0.25, -0.2) is 12.7 Å². The number of ether oxygens (including phenoxy) is 1. The van der Waals surface area contributed by atoms with Crippen molar-refractivity contribution in [3.8, 4) is 5.75 Å². The molecule has 0 fully saturated rings. The first kappa shape index (κ1) is 20.9. The van der Waals surface area contributed by atoms with Gasteiger partial charge in [0.25, 0.3) is 0 Å². The van der Waals surface area contributed by atoms with Gasteiger partial charge in [-0.15, -0.1) is 0 Å². The number of anilines is 1. The van der Waals surface area contributed by atoms with Gasteiger partial charge in [0.15, 0.2) is 0 Å². The van der Waals surface area contributed by atoms with Crippen molar-refractivity contribution >= 4 is 21.6 Å². The van der Waals surface area contributed by atoms with Crippen LogP contribution in [0.2, 0.25) is 0 Å². The van der Waals surface area contributed by atoms with Gasteiger partial charge in [-0.3, -0.25) is 9.69 Å². The number of methoxy groups -OCH3 is 1. The summed E-state index contributed by atoms with van der Waals surface area (Å²) in [6.45, 7) is 0.781. The average molecular weight is 391 g/mol. The van der Waals surface area contributed by atoms with Crippen molar-refractivity contribution in [1.29, 1.82) is 0 Å². The molecule has 0 radical (unpaired) electrons. The molecule has 0 atom stereocenters. The fourth-order valence-electron chi connectivity index (χ4n) is 2.54. The molecule has 0 heterocycles. The van der Waals surface area contributed by atoms with Crippen LogP contribution in [0.5, 0.6) is 5.75 Å². The molecule has 146 valence electrons. The number of carbonyl (C=O) groups is 1. The van der Waals surface area contributed by atoms with E-state index in [1.54, 1.807) is 0 Å². The number of nitrogens with one attached hydrogen (secondary N) is 1. The van der Waals surface area contributed by atoms with Gasteiger partial charge in [0.2, 0.25) is 15.9 Å². The largest absolute Gasteiger partial charge is 0.495 e. The first-order valence-electron chi connectivity index (χ1n) is 8.37. The Morgan fingerprint density at radius 2 is 1.74 bits per heavy atom. The maximum absolute atomic E-state index is 12.4. The number of nitrogens with zero attached hydrogens (tertiary/aromatic N) is 2. The Bertz CT molecular complexity index is 883. The van der Waals surface area contributed by atoms with Crippen molar-refractivity contribution in [2.24, 2.45) is 0 Å². The third-order valence-electron chi connectivity index (χ3n) is 3.93. The number of likely N-dealkylation sites (N-methyl/N-ethyl adjacent to an activating group) is 1. The number of amides is 1. The number of benzene rings is 2. The average Bonchev–Trinajstić information content (AvgIpc) is 2.62. The summed E-state index contributed by atoms with van der Waals surface area (Å²) in [5, 5.41) is 2.74. The molecule has 0 saturated heterocycles. The lowest BCUT2D eigenvalue weighted by molar-refractivity contribution is -0.117. The van der Waals surface area contributed by atoms with Crippen LogP contribution in [0.25, 0.3) is 0 Å². The lowest BCUT2D eigenvalue weighted by Crippen LogP contribution is -2.30. The first-order valence-corrected chi connectivity index (χ1v) is 9.81. The third-order valence-corrected chi connectivity index (χ3v) is 5.74.